The lowest BCUT2D eigenvalue weighted by molar-refractivity contribution is 0.152. The number of nitrogen functional groups attached to an aromatic ring is 1. The fourth-order valence-corrected chi connectivity index (χ4v) is 1.14. The van der Waals surface area contributed by atoms with E-state index in [1.54, 1.807) is 0 Å². The molecule has 6 heteroatoms. The van der Waals surface area contributed by atoms with E-state index >= 15 is 0 Å². The number of aliphatic hydroxyl groups excluding tert-OH is 1. The predicted octanol–water partition coefficient (Wildman–Crippen LogP) is 1.75. The van der Waals surface area contributed by atoms with Gasteiger partial charge in [0.2, 0.25) is 0 Å². The lowest BCUT2D eigenvalue weighted by Crippen LogP contribution is -2.03. The number of anilines is 1. The van der Waals surface area contributed by atoms with E-state index in [0.29, 0.717) is 0 Å². The van der Waals surface area contributed by atoms with Crippen molar-refractivity contribution in [1.82, 2.24) is 4.98 Å². The summed E-state index contributed by atoms with van der Waals surface area (Å²) >= 11 is 5.45. The van der Waals surface area contributed by atoms with Crippen molar-refractivity contribution in [2.75, 3.05) is 5.73 Å². The van der Waals surface area contributed by atoms with Crippen LogP contribution in [0, 0.1) is 0 Å². The summed E-state index contributed by atoms with van der Waals surface area (Å²) in [6.45, 7) is -0.483. The van der Waals surface area contributed by atoms with Gasteiger partial charge < -0.3 is 10.8 Å². The Morgan fingerprint density at radius 3 is 2.69 bits per heavy atom. The van der Waals surface area contributed by atoms with Gasteiger partial charge in [-0.15, -0.1) is 0 Å². The number of pyridine rings is 1. The molecule has 1 heterocycles. The molecule has 0 aliphatic heterocycles. The molecule has 3 nitrogen and oxygen atoms in total. The smallest absolute Gasteiger partial charge is 0.267 e. The summed E-state index contributed by atoms with van der Waals surface area (Å²) in [5.74, 6) is 0. The molecule has 0 saturated carbocycles. The second kappa shape index (κ2) is 3.85. The molecule has 0 unspecified atom stereocenters. The van der Waals surface area contributed by atoms with Crippen LogP contribution in [-0.4, -0.2) is 10.1 Å². The van der Waals surface area contributed by atoms with E-state index in [9.17, 15) is 8.78 Å². The van der Waals surface area contributed by atoms with Gasteiger partial charge in [-0.25, -0.2) is 8.78 Å². The van der Waals surface area contributed by atoms with Gasteiger partial charge in [0.25, 0.3) is 6.43 Å². The minimum absolute atomic E-state index is 0.0136. The summed E-state index contributed by atoms with van der Waals surface area (Å²) in [7, 11) is 0. The number of nitrogens with two attached hydrogens (primary N) is 1. The highest BCUT2D eigenvalue weighted by molar-refractivity contribution is 6.31. The first-order valence-electron chi connectivity index (χ1n) is 3.39. The van der Waals surface area contributed by atoms with Crippen molar-refractivity contribution in [2.45, 2.75) is 13.0 Å². The second-order valence-corrected chi connectivity index (χ2v) is 2.75. The highest BCUT2D eigenvalue weighted by atomic mass is 35.5. The van der Waals surface area contributed by atoms with E-state index in [2.05, 4.69) is 4.98 Å². The highest BCUT2D eigenvalue weighted by Crippen LogP contribution is 2.32. The third-order valence-electron chi connectivity index (χ3n) is 1.56. The number of aromatic nitrogens is 1. The first-order chi connectivity index (χ1) is 6.07. The Balaban J connectivity index is 3.30. The number of nitrogens with zero attached hydrogens (tertiary/aromatic N) is 1. The van der Waals surface area contributed by atoms with Crippen molar-refractivity contribution in [2.24, 2.45) is 0 Å². The normalized spacial score (nSPS) is 10.8. The zero-order chi connectivity index (χ0) is 10.0. The summed E-state index contributed by atoms with van der Waals surface area (Å²) in [5, 5.41) is 8.49. The van der Waals surface area contributed by atoms with Gasteiger partial charge in [-0.1, -0.05) is 11.6 Å². The first-order valence-corrected chi connectivity index (χ1v) is 3.77. The fraction of sp³-hybridized carbons (Fsp3) is 0.286. The van der Waals surface area contributed by atoms with Crippen molar-refractivity contribution in [3.63, 3.8) is 0 Å². The molecule has 0 fully saturated rings. The molecule has 0 amide bonds. The van der Waals surface area contributed by atoms with Crippen LogP contribution in [0.25, 0.3) is 0 Å². The molecule has 1 aromatic heterocycles. The van der Waals surface area contributed by atoms with Crippen LogP contribution in [0.15, 0.2) is 6.20 Å². The molecule has 0 bridgehead atoms. The van der Waals surface area contributed by atoms with Crippen molar-refractivity contribution in [1.29, 1.82) is 0 Å². The van der Waals surface area contributed by atoms with Crippen molar-refractivity contribution in [3.05, 3.63) is 22.5 Å². The summed E-state index contributed by atoms with van der Waals surface area (Å²) in [5.41, 5.74) is 4.61. The largest absolute Gasteiger partial charge is 0.397 e. The monoisotopic (exact) mass is 208 g/mol. The molecular weight excluding hydrogens is 202 g/mol. The standard InChI is InChI=1S/C7H7ClF2N2O/c8-3-1-12-4(2-13)6(11)5(3)7(9)10/h1,7,13H,2,11H2. The Hall–Kier alpha value is -0.940. The molecular formula is C7H7ClF2N2O. The fourth-order valence-electron chi connectivity index (χ4n) is 0.906. The molecule has 1 aromatic rings. The van der Waals surface area contributed by atoms with Gasteiger partial charge in [0.05, 0.1) is 28.6 Å². The number of aliphatic hydroxyl groups is 1. The number of hydrogen-bond acceptors (Lipinski definition) is 3. The Morgan fingerprint density at radius 1 is 1.62 bits per heavy atom. The lowest BCUT2D eigenvalue weighted by Gasteiger charge is -2.09. The Labute approximate surface area is 78.1 Å². The van der Waals surface area contributed by atoms with Crippen LogP contribution >= 0.6 is 11.6 Å². The zero-order valence-electron chi connectivity index (χ0n) is 6.47. The van der Waals surface area contributed by atoms with Crippen LogP contribution in [0.3, 0.4) is 0 Å². The average molecular weight is 209 g/mol. The molecule has 0 radical (unpaired) electrons. The Morgan fingerprint density at radius 2 is 2.23 bits per heavy atom. The van der Waals surface area contributed by atoms with Gasteiger partial charge in [0, 0.05) is 6.20 Å². The molecule has 13 heavy (non-hydrogen) atoms. The summed E-state index contributed by atoms with van der Waals surface area (Å²) in [6.07, 6.45) is -1.72. The van der Waals surface area contributed by atoms with E-state index < -0.39 is 18.6 Å². The quantitative estimate of drug-likeness (QED) is 0.779. The summed E-state index contributed by atoms with van der Waals surface area (Å²) in [6, 6.07) is 0. The van der Waals surface area contributed by atoms with Crippen molar-refractivity contribution >= 4 is 17.3 Å². The van der Waals surface area contributed by atoms with Gasteiger partial charge in [0.1, 0.15) is 0 Å². The predicted molar refractivity (Wildman–Crippen MR) is 44.5 cm³/mol. The van der Waals surface area contributed by atoms with Crippen LogP contribution < -0.4 is 5.73 Å². The maximum Gasteiger partial charge on any atom is 0.267 e. The highest BCUT2D eigenvalue weighted by Gasteiger charge is 2.18. The Kier molecular flexibility index (Phi) is 3.00. The number of hydrogen-bond donors (Lipinski definition) is 2. The lowest BCUT2D eigenvalue weighted by atomic mass is 10.2. The molecule has 1 rings (SSSR count). The molecule has 0 aliphatic rings. The molecule has 0 atom stereocenters. The minimum Gasteiger partial charge on any atom is -0.397 e. The van der Waals surface area contributed by atoms with E-state index in [0.717, 1.165) is 6.20 Å². The molecule has 3 N–H and O–H groups in total. The number of alkyl halides is 2. The third-order valence-corrected chi connectivity index (χ3v) is 1.86. The topological polar surface area (TPSA) is 59.1 Å². The number of rotatable bonds is 2. The summed E-state index contributed by atoms with van der Waals surface area (Å²) < 4.78 is 24.7. The van der Waals surface area contributed by atoms with Gasteiger partial charge >= 0.3 is 0 Å². The van der Waals surface area contributed by atoms with Gasteiger partial charge in [-0.3, -0.25) is 4.98 Å². The minimum atomic E-state index is -2.76. The van der Waals surface area contributed by atoms with E-state index in [-0.39, 0.29) is 16.4 Å². The maximum absolute atomic E-state index is 12.3. The molecule has 0 aliphatic carbocycles. The molecule has 0 spiro atoms. The number of halogens is 3. The molecule has 72 valence electrons. The van der Waals surface area contributed by atoms with Gasteiger partial charge in [-0.2, -0.15) is 0 Å². The van der Waals surface area contributed by atoms with Crippen molar-refractivity contribution in [3.8, 4) is 0 Å². The SMILES string of the molecule is Nc1c(CO)ncc(Cl)c1C(F)F. The van der Waals surface area contributed by atoms with Crippen LogP contribution in [0.1, 0.15) is 17.7 Å². The van der Waals surface area contributed by atoms with Crippen LogP contribution in [0.5, 0.6) is 0 Å². The third kappa shape index (κ3) is 1.87. The van der Waals surface area contributed by atoms with E-state index in [4.69, 9.17) is 22.4 Å². The second-order valence-electron chi connectivity index (χ2n) is 2.34. The van der Waals surface area contributed by atoms with Gasteiger partial charge in [0.15, 0.2) is 0 Å². The maximum atomic E-state index is 12.3. The van der Waals surface area contributed by atoms with Crippen molar-refractivity contribution < 1.29 is 13.9 Å². The van der Waals surface area contributed by atoms with Crippen LogP contribution in [0.2, 0.25) is 5.02 Å². The Bertz CT molecular complexity index is 320. The summed E-state index contributed by atoms with van der Waals surface area (Å²) in [4.78, 5) is 3.60. The average Bonchev–Trinajstić information content (AvgIpc) is 2.04. The van der Waals surface area contributed by atoms with E-state index in [1.807, 2.05) is 0 Å². The molecule has 0 aromatic carbocycles. The van der Waals surface area contributed by atoms with E-state index in [1.165, 1.54) is 0 Å². The first kappa shape index (κ1) is 10.1. The van der Waals surface area contributed by atoms with Gasteiger partial charge in [-0.05, 0) is 0 Å². The zero-order valence-corrected chi connectivity index (χ0v) is 7.22. The van der Waals surface area contributed by atoms with Crippen LogP contribution in [0.4, 0.5) is 14.5 Å². The van der Waals surface area contributed by atoms with Crippen LogP contribution in [-0.2, 0) is 6.61 Å². The molecule has 0 saturated heterocycles.